The molecule has 1 aliphatic carbocycles. The third kappa shape index (κ3) is 2.93. The highest BCUT2D eigenvalue weighted by Gasteiger charge is 2.23. The van der Waals surface area contributed by atoms with Crippen LogP contribution in [0.5, 0.6) is 0 Å². The number of hydrogen-bond donors (Lipinski definition) is 3. The number of rotatable bonds is 4. The molecular weight excluding hydrogens is 346 g/mol. The van der Waals surface area contributed by atoms with Gasteiger partial charge in [-0.2, -0.15) is 10.1 Å². The van der Waals surface area contributed by atoms with Gasteiger partial charge >= 0.3 is 0 Å². The minimum Gasteiger partial charge on any atom is -0.341 e. The van der Waals surface area contributed by atoms with Crippen molar-refractivity contribution in [1.82, 2.24) is 20.2 Å². The van der Waals surface area contributed by atoms with Crippen molar-refractivity contribution in [2.45, 2.75) is 44.1 Å². The Morgan fingerprint density at radius 3 is 2.81 bits per heavy atom. The van der Waals surface area contributed by atoms with Crippen molar-refractivity contribution in [3.8, 4) is 0 Å². The zero-order valence-corrected chi connectivity index (χ0v) is 15.4. The first-order valence-electron chi connectivity index (χ1n) is 9.34. The van der Waals surface area contributed by atoms with Gasteiger partial charge in [0.15, 0.2) is 11.6 Å². The van der Waals surface area contributed by atoms with Gasteiger partial charge in [-0.15, -0.1) is 11.3 Å². The average Bonchev–Trinajstić information content (AvgIpc) is 3.23. The van der Waals surface area contributed by atoms with E-state index < -0.39 is 0 Å². The Hall–Kier alpha value is -2.19. The molecule has 0 bridgehead atoms. The van der Waals surface area contributed by atoms with Gasteiger partial charge in [-0.05, 0) is 37.1 Å². The Kier molecular flexibility index (Phi) is 4.01. The molecule has 1 saturated carbocycles. The van der Waals surface area contributed by atoms with Crippen LogP contribution in [-0.4, -0.2) is 39.3 Å². The van der Waals surface area contributed by atoms with Gasteiger partial charge in [-0.25, -0.2) is 4.98 Å². The Labute approximate surface area is 156 Å². The van der Waals surface area contributed by atoms with Crippen molar-refractivity contribution in [1.29, 1.82) is 0 Å². The summed E-state index contributed by atoms with van der Waals surface area (Å²) in [5.41, 5.74) is 8.24. The van der Waals surface area contributed by atoms with Crippen LogP contribution in [-0.2, 0) is 0 Å². The largest absolute Gasteiger partial charge is 0.341 e. The second-order valence-corrected chi connectivity index (χ2v) is 8.21. The quantitative estimate of drug-likeness (QED) is 0.653. The molecule has 0 radical (unpaired) electrons. The Morgan fingerprint density at radius 1 is 1.19 bits per heavy atom. The van der Waals surface area contributed by atoms with Crippen molar-refractivity contribution < 1.29 is 0 Å². The predicted molar refractivity (Wildman–Crippen MR) is 105 cm³/mol. The Bertz CT molecular complexity index is 905. The van der Waals surface area contributed by atoms with Crippen molar-refractivity contribution in [3.05, 3.63) is 23.2 Å². The summed E-state index contributed by atoms with van der Waals surface area (Å²) in [4.78, 5) is 11.8. The normalized spacial score (nSPS) is 19.0. The molecule has 26 heavy (non-hydrogen) atoms. The van der Waals surface area contributed by atoms with E-state index in [0.717, 1.165) is 53.7 Å². The highest BCUT2D eigenvalue weighted by atomic mass is 32.1. The third-order valence-corrected chi connectivity index (χ3v) is 6.41. The minimum absolute atomic E-state index is 0.294. The van der Waals surface area contributed by atoms with Crippen LogP contribution < -0.4 is 16.0 Å². The van der Waals surface area contributed by atoms with Gasteiger partial charge in [-0.1, -0.05) is 6.42 Å². The van der Waals surface area contributed by atoms with Crippen LogP contribution in [0.1, 0.15) is 43.7 Å². The number of aromatic nitrogens is 4. The molecule has 136 valence electrons. The van der Waals surface area contributed by atoms with Gasteiger partial charge in [-0.3, -0.25) is 5.10 Å². The van der Waals surface area contributed by atoms with Crippen LogP contribution in [0.4, 0.5) is 17.6 Å². The summed E-state index contributed by atoms with van der Waals surface area (Å²) in [6.07, 6.45) is 5.80. The van der Waals surface area contributed by atoms with Crippen LogP contribution in [0.15, 0.2) is 17.5 Å². The number of nitrogens with zero attached hydrogens (tertiary/aromatic N) is 4. The van der Waals surface area contributed by atoms with E-state index in [9.17, 15) is 0 Å². The lowest BCUT2D eigenvalue weighted by molar-refractivity contribution is 0.410. The standard InChI is InChI=1S/C18H23N7S/c19-12-4-7-25(8-5-12)18-20-13-6-9-26-16(13)17(22-18)21-15-10-14(23-24-15)11-2-1-3-11/h6,9-12H,1-5,7-8,19H2,(H2,20,21,22,23,24). The van der Waals surface area contributed by atoms with Crippen molar-refractivity contribution >= 4 is 39.1 Å². The van der Waals surface area contributed by atoms with E-state index in [2.05, 4.69) is 37.9 Å². The van der Waals surface area contributed by atoms with E-state index in [0.29, 0.717) is 12.0 Å². The molecule has 5 rings (SSSR count). The number of hydrogen-bond acceptors (Lipinski definition) is 7. The molecular formula is C18H23N7S. The zero-order valence-electron chi connectivity index (χ0n) is 14.6. The molecule has 0 unspecified atom stereocenters. The molecule has 2 aliphatic rings. The second kappa shape index (κ2) is 6.51. The highest BCUT2D eigenvalue weighted by molar-refractivity contribution is 7.17. The fraction of sp³-hybridized carbons (Fsp3) is 0.500. The Morgan fingerprint density at radius 2 is 2.04 bits per heavy atom. The second-order valence-electron chi connectivity index (χ2n) is 7.29. The van der Waals surface area contributed by atoms with E-state index in [1.54, 1.807) is 11.3 Å². The molecule has 0 aromatic carbocycles. The number of fused-ring (bicyclic) bond motifs is 1. The van der Waals surface area contributed by atoms with E-state index >= 15 is 0 Å². The van der Waals surface area contributed by atoms with Crippen LogP contribution in [0.3, 0.4) is 0 Å². The summed E-state index contributed by atoms with van der Waals surface area (Å²) < 4.78 is 1.07. The summed E-state index contributed by atoms with van der Waals surface area (Å²) in [7, 11) is 0. The van der Waals surface area contributed by atoms with E-state index in [4.69, 9.17) is 15.7 Å². The maximum Gasteiger partial charge on any atom is 0.227 e. The molecule has 3 aromatic heterocycles. The van der Waals surface area contributed by atoms with Gasteiger partial charge in [0.1, 0.15) is 0 Å². The maximum absolute atomic E-state index is 6.03. The molecule has 4 heterocycles. The van der Waals surface area contributed by atoms with Crippen LogP contribution >= 0.6 is 11.3 Å². The van der Waals surface area contributed by atoms with Gasteiger partial charge < -0.3 is 16.0 Å². The molecule has 3 aromatic rings. The maximum atomic E-state index is 6.03. The summed E-state index contributed by atoms with van der Waals surface area (Å²) in [5, 5.41) is 13.1. The summed E-state index contributed by atoms with van der Waals surface area (Å²) in [6.45, 7) is 1.81. The van der Waals surface area contributed by atoms with Gasteiger partial charge in [0, 0.05) is 36.8 Å². The molecule has 8 heteroatoms. The zero-order chi connectivity index (χ0) is 17.5. The SMILES string of the molecule is NC1CCN(c2nc(Nc3cc(C4CCC4)[nH]n3)c3sccc3n2)CC1. The number of thiophene rings is 1. The topological polar surface area (TPSA) is 95.8 Å². The van der Waals surface area contributed by atoms with Crippen molar-refractivity contribution in [2.75, 3.05) is 23.3 Å². The first-order chi connectivity index (χ1) is 12.8. The van der Waals surface area contributed by atoms with Gasteiger partial charge in [0.25, 0.3) is 0 Å². The highest BCUT2D eigenvalue weighted by Crippen LogP contribution is 2.37. The van der Waals surface area contributed by atoms with E-state index in [1.165, 1.54) is 25.0 Å². The molecule has 0 spiro atoms. The number of nitrogens with two attached hydrogens (primary N) is 1. The molecule has 2 fully saturated rings. The lowest BCUT2D eigenvalue weighted by Gasteiger charge is -2.30. The molecule has 1 saturated heterocycles. The van der Waals surface area contributed by atoms with Crippen molar-refractivity contribution in [3.63, 3.8) is 0 Å². The van der Waals surface area contributed by atoms with Gasteiger partial charge in [0.05, 0.1) is 10.2 Å². The minimum atomic E-state index is 0.294. The summed E-state index contributed by atoms with van der Waals surface area (Å²) in [6, 6.07) is 4.46. The first-order valence-corrected chi connectivity index (χ1v) is 10.2. The molecule has 0 amide bonds. The number of aromatic amines is 1. The number of piperidine rings is 1. The molecule has 4 N–H and O–H groups in total. The number of H-pyrrole nitrogens is 1. The van der Waals surface area contributed by atoms with Crippen LogP contribution in [0.25, 0.3) is 10.2 Å². The first kappa shape index (κ1) is 16.0. The van der Waals surface area contributed by atoms with Gasteiger partial charge in [0.2, 0.25) is 5.95 Å². The fourth-order valence-corrected chi connectivity index (χ4v) is 4.40. The van der Waals surface area contributed by atoms with Crippen LogP contribution in [0, 0.1) is 0 Å². The van der Waals surface area contributed by atoms with Crippen LogP contribution in [0.2, 0.25) is 0 Å². The smallest absolute Gasteiger partial charge is 0.227 e. The van der Waals surface area contributed by atoms with E-state index in [1.807, 2.05) is 0 Å². The Balaban J connectivity index is 1.44. The van der Waals surface area contributed by atoms with Crippen molar-refractivity contribution in [2.24, 2.45) is 5.73 Å². The van der Waals surface area contributed by atoms with E-state index in [-0.39, 0.29) is 0 Å². The fourth-order valence-electron chi connectivity index (χ4n) is 3.63. The molecule has 7 nitrogen and oxygen atoms in total. The number of nitrogens with one attached hydrogen (secondary N) is 2. The monoisotopic (exact) mass is 369 g/mol. The summed E-state index contributed by atoms with van der Waals surface area (Å²) in [5.74, 6) is 3.08. The molecule has 1 aliphatic heterocycles. The average molecular weight is 369 g/mol. The number of anilines is 3. The molecule has 0 atom stereocenters. The lowest BCUT2D eigenvalue weighted by Crippen LogP contribution is -2.40. The lowest BCUT2D eigenvalue weighted by atomic mass is 9.83. The third-order valence-electron chi connectivity index (χ3n) is 5.50. The predicted octanol–water partition coefficient (Wildman–Crippen LogP) is 3.35. The summed E-state index contributed by atoms with van der Waals surface area (Å²) >= 11 is 1.65.